The number of nitrogens with zero attached hydrogens (tertiary/aromatic N) is 3. The van der Waals surface area contributed by atoms with Crippen molar-refractivity contribution in [1.29, 1.82) is 0 Å². The van der Waals surface area contributed by atoms with Crippen molar-refractivity contribution in [2.75, 3.05) is 0 Å². The van der Waals surface area contributed by atoms with E-state index in [1.54, 1.807) is 6.07 Å². The van der Waals surface area contributed by atoms with E-state index < -0.39 is 0 Å². The summed E-state index contributed by atoms with van der Waals surface area (Å²) in [5.74, 6) is 1.20. The first-order chi connectivity index (χ1) is 8.22. The van der Waals surface area contributed by atoms with Crippen molar-refractivity contribution in [3.63, 3.8) is 0 Å². The minimum atomic E-state index is -0.271. The molecule has 0 bridgehead atoms. The minimum absolute atomic E-state index is 0.159. The molecule has 88 valence electrons. The van der Waals surface area contributed by atoms with Gasteiger partial charge in [-0.25, -0.2) is 14.1 Å². The molecule has 0 saturated heterocycles. The van der Waals surface area contributed by atoms with Crippen LogP contribution in [-0.4, -0.2) is 20.8 Å². The van der Waals surface area contributed by atoms with Crippen LogP contribution in [0.15, 0.2) is 24.3 Å². The second-order valence-corrected chi connectivity index (χ2v) is 4.34. The highest BCUT2D eigenvalue weighted by atomic mass is 19.1. The van der Waals surface area contributed by atoms with Crippen LogP contribution in [-0.2, 0) is 13.0 Å². The number of nitrogens with two attached hydrogens (primary N) is 1. The van der Waals surface area contributed by atoms with E-state index >= 15 is 0 Å². The fourth-order valence-corrected chi connectivity index (χ4v) is 2.08. The first-order valence-corrected chi connectivity index (χ1v) is 5.67. The summed E-state index contributed by atoms with van der Waals surface area (Å²) in [4.78, 5) is 4.42. The number of halogens is 1. The summed E-state index contributed by atoms with van der Waals surface area (Å²) < 4.78 is 15.0. The molecule has 1 aromatic carbocycles. The lowest BCUT2D eigenvalue weighted by Crippen LogP contribution is -2.31. The normalized spacial score (nSPS) is 19.1. The Morgan fingerprint density at radius 3 is 3.12 bits per heavy atom. The van der Waals surface area contributed by atoms with Gasteiger partial charge in [-0.05, 0) is 18.6 Å². The Labute approximate surface area is 98.3 Å². The highest BCUT2D eigenvalue weighted by Crippen LogP contribution is 2.19. The lowest BCUT2D eigenvalue weighted by Gasteiger charge is -2.17. The van der Waals surface area contributed by atoms with Gasteiger partial charge in [-0.3, -0.25) is 0 Å². The van der Waals surface area contributed by atoms with Gasteiger partial charge < -0.3 is 5.73 Å². The number of hydrogen-bond donors (Lipinski definition) is 1. The highest BCUT2D eigenvalue weighted by Gasteiger charge is 2.19. The van der Waals surface area contributed by atoms with Gasteiger partial charge >= 0.3 is 0 Å². The van der Waals surface area contributed by atoms with Gasteiger partial charge in [0.25, 0.3) is 0 Å². The van der Waals surface area contributed by atoms with Crippen LogP contribution >= 0.6 is 0 Å². The molecule has 5 heteroatoms. The van der Waals surface area contributed by atoms with Crippen molar-refractivity contribution < 1.29 is 4.39 Å². The zero-order valence-corrected chi connectivity index (χ0v) is 9.31. The summed E-state index contributed by atoms with van der Waals surface area (Å²) in [6.45, 7) is 0.790. The molecule has 2 N–H and O–H groups in total. The third kappa shape index (κ3) is 1.93. The standard InChI is InChI=1S/C12H13FN4/c13-9-3-1-2-8(6-9)12-15-11-7-10(14)4-5-17(11)16-12/h1-3,6,10H,4-5,7,14H2. The molecule has 0 fully saturated rings. The van der Waals surface area contributed by atoms with Gasteiger partial charge in [0.2, 0.25) is 0 Å². The average molecular weight is 232 g/mol. The molecule has 3 rings (SSSR count). The maximum absolute atomic E-state index is 13.1. The number of rotatable bonds is 1. The Balaban J connectivity index is 2.00. The molecule has 0 aliphatic carbocycles. The Morgan fingerprint density at radius 2 is 2.29 bits per heavy atom. The number of aryl methyl sites for hydroxylation is 1. The molecule has 0 radical (unpaired) electrons. The van der Waals surface area contributed by atoms with E-state index in [0.717, 1.165) is 25.2 Å². The summed E-state index contributed by atoms with van der Waals surface area (Å²) in [6, 6.07) is 6.49. The number of benzene rings is 1. The van der Waals surface area contributed by atoms with Gasteiger partial charge in [-0.1, -0.05) is 12.1 Å². The second-order valence-electron chi connectivity index (χ2n) is 4.34. The minimum Gasteiger partial charge on any atom is -0.327 e. The van der Waals surface area contributed by atoms with E-state index in [1.165, 1.54) is 12.1 Å². The van der Waals surface area contributed by atoms with Crippen LogP contribution in [0.4, 0.5) is 4.39 Å². The van der Waals surface area contributed by atoms with Crippen LogP contribution in [0.1, 0.15) is 12.2 Å². The molecule has 2 aromatic rings. The fraction of sp³-hybridized carbons (Fsp3) is 0.333. The highest BCUT2D eigenvalue weighted by molar-refractivity contribution is 5.54. The van der Waals surface area contributed by atoms with Crippen LogP contribution in [0.3, 0.4) is 0 Å². The quantitative estimate of drug-likeness (QED) is 0.807. The molecule has 1 aliphatic rings. The molecule has 0 amide bonds. The zero-order chi connectivity index (χ0) is 11.8. The summed E-state index contributed by atoms with van der Waals surface area (Å²) in [5, 5.41) is 4.38. The third-order valence-corrected chi connectivity index (χ3v) is 2.99. The SMILES string of the molecule is NC1CCn2nc(-c3cccc(F)c3)nc2C1. The predicted octanol–water partition coefficient (Wildman–Crippen LogP) is 1.36. The summed E-state index contributed by atoms with van der Waals surface area (Å²) in [7, 11) is 0. The van der Waals surface area contributed by atoms with Gasteiger partial charge in [-0.2, -0.15) is 5.10 Å². The predicted molar refractivity (Wildman–Crippen MR) is 61.7 cm³/mol. The van der Waals surface area contributed by atoms with E-state index in [2.05, 4.69) is 10.1 Å². The summed E-state index contributed by atoms with van der Waals surface area (Å²) in [6.07, 6.45) is 1.65. The maximum atomic E-state index is 13.1. The molecule has 1 unspecified atom stereocenters. The van der Waals surface area contributed by atoms with Crippen molar-refractivity contribution in [3.8, 4) is 11.4 Å². The molecular weight excluding hydrogens is 219 g/mol. The fourth-order valence-electron chi connectivity index (χ4n) is 2.08. The topological polar surface area (TPSA) is 56.7 Å². The lowest BCUT2D eigenvalue weighted by molar-refractivity contribution is 0.433. The van der Waals surface area contributed by atoms with Crippen molar-refractivity contribution in [2.24, 2.45) is 5.73 Å². The molecule has 1 atom stereocenters. The van der Waals surface area contributed by atoms with E-state index in [9.17, 15) is 4.39 Å². The van der Waals surface area contributed by atoms with Gasteiger partial charge in [0.05, 0.1) is 0 Å². The van der Waals surface area contributed by atoms with Crippen molar-refractivity contribution >= 4 is 0 Å². The average Bonchev–Trinajstić information content (AvgIpc) is 2.72. The Kier molecular flexibility index (Phi) is 2.40. The summed E-state index contributed by atoms with van der Waals surface area (Å²) in [5.41, 5.74) is 6.59. The molecule has 17 heavy (non-hydrogen) atoms. The molecule has 0 spiro atoms. The van der Waals surface area contributed by atoms with Crippen LogP contribution in [0, 0.1) is 5.82 Å². The van der Waals surface area contributed by atoms with Gasteiger partial charge in [0.15, 0.2) is 5.82 Å². The Morgan fingerprint density at radius 1 is 1.41 bits per heavy atom. The van der Waals surface area contributed by atoms with E-state index in [-0.39, 0.29) is 11.9 Å². The molecule has 2 heterocycles. The van der Waals surface area contributed by atoms with Crippen molar-refractivity contribution in [2.45, 2.75) is 25.4 Å². The van der Waals surface area contributed by atoms with Crippen molar-refractivity contribution in [1.82, 2.24) is 14.8 Å². The van der Waals surface area contributed by atoms with E-state index in [4.69, 9.17) is 5.73 Å². The Hall–Kier alpha value is -1.75. The number of fused-ring (bicyclic) bond motifs is 1. The summed E-state index contributed by atoms with van der Waals surface area (Å²) >= 11 is 0. The maximum Gasteiger partial charge on any atom is 0.181 e. The number of aromatic nitrogens is 3. The zero-order valence-electron chi connectivity index (χ0n) is 9.31. The van der Waals surface area contributed by atoms with Gasteiger partial charge in [-0.15, -0.1) is 0 Å². The molecule has 1 aliphatic heterocycles. The smallest absolute Gasteiger partial charge is 0.181 e. The monoisotopic (exact) mass is 232 g/mol. The number of hydrogen-bond acceptors (Lipinski definition) is 3. The molecular formula is C12H13FN4. The Bertz CT molecular complexity index is 549. The van der Waals surface area contributed by atoms with Crippen molar-refractivity contribution in [3.05, 3.63) is 35.9 Å². The van der Waals surface area contributed by atoms with E-state index in [0.29, 0.717) is 11.4 Å². The van der Waals surface area contributed by atoms with Crippen LogP contribution in [0.25, 0.3) is 11.4 Å². The first-order valence-electron chi connectivity index (χ1n) is 5.67. The lowest BCUT2D eigenvalue weighted by atomic mass is 10.1. The molecule has 4 nitrogen and oxygen atoms in total. The van der Waals surface area contributed by atoms with Crippen LogP contribution in [0.5, 0.6) is 0 Å². The van der Waals surface area contributed by atoms with Gasteiger partial charge in [0.1, 0.15) is 11.6 Å². The largest absolute Gasteiger partial charge is 0.327 e. The first kappa shape index (κ1) is 10.4. The molecule has 1 aromatic heterocycles. The van der Waals surface area contributed by atoms with Crippen LogP contribution in [0.2, 0.25) is 0 Å². The third-order valence-electron chi connectivity index (χ3n) is 2.99. The second kappa shape index (κ2) is 3.92. The molecule has 0 saturated carbocycles. The van der Waals surface area contributed by atoms with Gasteiger partial charge in [0, 0.05) is 24.6 Å². The van der Waals surface area contributed by atoms with Crippen LogP contribution < -0.4 is 5.73 Å². The van der Waals surface area contributed by atoms with E-state index in [1.807, 2.05) is 10.7 Å².